The van der Waals surface area contributed by atoms with E-state index < -0.39 is 0 Å². The number of rotatable bonds is 4. The lowest BCUT2D eigenvalue weighted by molar-refractivity contribution is 0.118. The zero-order valence-electron chi connectivity index (χ0n) is 12.0. The van der Waals surface area contributed by atoms with Crippen LogP contribution in [0.25, 0.3) is 0 Å². The molecular weight excluding hydrogens is 232 g/mol. The first-order valence-corrected chi connectivity index (χ1v) is 7.15. The van der Waals surface area contributed by atoms with Gasteiger partial charge in [0.2, 0.25) is 0 Å². The summed E-state index contributed by atoms with van der Waals surface area (Å²) >= 11 is 0. The van der Waals surface area contributed by atoms with Crippen molar-refractivity contribution in [2.45, 2.75) is 39.2 Å². The normalized spacial score (nSPS) is 24.3. The molecule has 1 heterocycles. The molecule has 1 aliphatic heterocycles. The standard InChI is InChI=1S/C17H23N2/c1-14(2)13-19-11-9-15(8-10-18)12-17(19)16-6-4-3-5-7-16/h3-7,15,17H,8-9,11-13H2,1-2H3. The van der Waals surface area contributed by atoms with Crippen molar-refractivity contribution in [3.05, 3.63) is 41.8 Å². The smallest absolute Gasteiger partial charge is 0.0624 e. The molecular formula is C17H23N2. The second-order valence-corrected chi connectivity index (χ2v) is 5.86. The molecule has 0 spiro atoms. The molecule has 2 heteroatoms. The van der Waals surface area contributed by atoms with E-state index in [4.69, 9.17) is 5.26 Å². The quantitative estimate of drug-likeness (QED) is 0.814. The molecule has 1 aromatic carbocycles. The van der Waals surface area contributed by atoms with Crippen LogP contribution in [0.3, 0.4) is 0 Å². The van der Waals surface area contributed by atoms with Crippen LogP contribution >= 0.6 is 0 Å². The van der Waals surface area contributed by atoms with E-state index in [2.05, 4.69) is 55.1 Å². The lowest BCUT2D eigenvalue weighted by atomic mass is 9.85. The Morgan fingerprint density at radius 3 is 2.68 bits per heavy atom. The second-order valence-electron chi connectivity index (χ2n) is 5.86. The predicted molar refractivity (Wildman–Crippen MR) is 78.3 cm³/mol. The van der Waals surface area contributed by atoms with Crippen molar-refractivity contribution in [2.24, 2.45) is 5.92 Å². The highest BCUT2D eigenvalue weighted by Gasteiger charge is 2.29. The van der Waals surface area contributed by atoms with Gasteiger partial charge < -0.3 is 0 Å². The minimum absolute atomic E-state index is 0.475. The maximum absolute atomic E-state index is 8.92. The highest BCUT2D eigenvalue weighted by atomic mass is 15.2. The van der Waals surface area contributed by atoms with Crippen LogP contribution in [-0.4, -0.2) is 18.0 Å². The number of hydrogen-bond acceptors (Lipinski definition) is 2. The molecule has 2 nitrogen and oxygen atoms in total. The first kappa shape index (κ1) is 14.1. The van der Waals surface area contributed by atoms with Crippen LogP contribution in [-0.2, 0) is 0 Å². The summed E-state index contributed by atoms with van der Waals surface area (Å²) in [5.74, 6) is 2.02. The highest BCUT2D eigenvalue weighted by molar-refractivity contribution is 5.20. The van der Waals surface area contributed by atoms with E-state index in [1.807, 2.05) is 0 Å². The maximum Gasteiger partial charge on any atom is 0.0624 e. The van der Waals surface area contributed by atoms with Gasteiger partial charge in [0.05, 0.1) is 6.07 Å². The molecule has 0 amide bonds. The Hall–Kier alpha value is -1.33. The number of hydrogen-bond donors (Lipinski definition) is 0. The van der Waals surface area contributed by atoms with Crippen molar-refractivity contribution in [3.63, 3.8) is 0 Å². The first-order chi connectivity index (χ1) is 9.20. The molecule has 0 bridgehead atoms. The Bertz CT molecular complexity index is 419. The number of piperidine rings is 1. The Morgan fingerprint density at radius 1 is 1.32 bits per heavy atom. The van der Waals surface area contributed by atoms with Crippen LogP contribution in [0.1, 0.15) is 44.7 Å². The van der Waals surface area contributed by atoms with Gasteiger partial charge in [-0.15, -0.1) is 0 Å². The van der Waals surface area contributed by atoms with Gasteiger partial charge in [0.15, 0.2) is 0 Å². The van der Waals surface area contributed by atoms with Crippen molar-refractivity contribution >= 4 is 0 Å². The van der Waals surface area contributed by atoms with E-state index >= 15 is 0 Å². The fraction of sp³-hybridized carbons (Fsp3) is 0.529. The van der Waals surface area contributed by atoms with Crippen LogP contribution in [0, 0.1) is 23.2 Å². The van der Waals surface area contributed by atoms with Gasteiger partial charge in [-0.05, 0) is 36.8 Å². The van der Waals surface area contributed by atoms with E-state index in [0.717, 1.165) is 25.9 Å². The summed E-state index contributed by atoms with van der Waals surface area (Å²) in [6.45, 7) is 6.57. The summed E-state index contributed by atoms with van der Waals surface area (Å²) in [5.41, 5.74) is 1.39. The van der Waals surface area contributed by atoms with E-state index in [9.17, 15) is 0 Å². The van der Waals surface area contributed by atoms with Gasteiger partial charge in [-0.2, -0.15) is 5.26 Å². The lowest BCUT2D eigenvalue weighted by Gasteiger charge is -2.40. The molecule has 2 atom stereocenters. The number of nitriles is 1. The van der Waals surface area contributed by atoms with Gasteiger partial charge in [0, 0.05) is 19.0 Å². The highest BCUT2D eigenvalue weighted by Crippen LogP contribution is 2.35. The van der Waals surface area contributed by atoms with Crippen molar-refractivity contribution in [1.82, 2.24) is 4.90 Å². The molecule has 2 unspecified atom stereocenters. The molecule has 1 radical (unpaired) electrons. The lowest BCUT2D eigenvalue weighted by Crippen LogP contribution is -2.38. The van der Waals surface area contributed by atoms with Gasteiger partial charge in [-0.1, -0.05) is 44.2 Å². The average molecular weight is 255 g/mol. The second kappa shape index (κ2) is 6.73. The van der Waals surface area contributed by atoms with Gasteiger partial charge in [-0.25, -0.2) is 0 Å². The van der Waals surface area contributed by atoms with Gasteiger partial charge >= 0.3 is 0 Å². The van der Waals surface area contributed by atoms with E-state index in [0.29, 0.717) is 18.4 Å². The van der Waals surface area contributed by atoms with Crippen LogP contribution in [0.15, 0.2) is 30.3 Å². The van der Waals surface area contributed by atoms with Crippen molar-refractivity contribution < 1.29 is 0 Å². The van der Waals surface area contributed by atoms with Crippen LogP contribution < -0.4 is 0 Å². The largest absolute Gasteiger partial charge is 0.296 e. The third kappa shape index (κ3) is 3.81. The maximum atomic E-state index is 8.92. The number of nitrogens with zero attached hydrogens (tertiary/aromatic N) is 2. The summed E-state index contributed by atoms with van der Waals surface area (Å²) in [6.07, 6.45) is 2.97. The molecule has 2 rings (SSSR count). The summed E-state index contributed by atoms with van der Waals surface area (Å²) < 4.78 is 0. The third-order valence-corrected chi connectivity index (χ3v) is 3.91. The van der Waals surface area contributed by atoms with Crippen molar-refractivity contribution in [2.75, 3.05) is 13.1 Å². The van der Waals surface area contributed by atoms with Crippen LogP contribution in [0.5, 0.6) is 0 Å². The van der Waals surface area contributed by atoms with Gasteiger partial charge in [-0.3, -0.25) is 4.90 Å². The predicted octanol–water partition coefficient (Wildman–Crippen LogP) is 3.97. The minimum Gasteiger partial charge on any atom is -0.296 e. The first-order valence-electron chi connectivity index (χ1n) is 7.15. The Kier molecular flexibility index (Phi) is 4.99. The van der Waals surface area contributed by atoms with Crippen LogP contribution in [0.4, 0.5) is 0 Å². The molecule has 1 saturated heterocycles. The molecule has 0 aromatic heterocycles. The number of benzene rings is 1. The average Bonchev–Trinajstić information content (AvgIpc) is 2.41. The van der Waals surface area contributed by atoms with Crippen molar-refractivity contribution in [1.29, 1.82) is 5.26 Å². The Morgan fingerprint density at radius 2 is 2.05 bits per heavy atom. The topological polar surface area (TPSA) is 27.0 Å². The fourth-order valence-electron chi connectivity index (χ4n) is 3.02. The Balaban J connectivity index is 2.14. The van der Waals surface area contributed by atoms with E-state index in [1.165, 1.54) is 11.5 Å². The summed E-state index contributed by atoms with van der Waals surface area (Å²) in [7, 11) is 0. The molecule has 0 saturated carbocycles. The molecule has 101 valence electrons. The summed E-state index contributed by atoms with van der Waals surface area (Å²) in [6, 6.07) is 13.6. The van der Waals surface area contributed by atoms with E-state index in [1.54, 1.807) is 0 Å². The molecule has 0 aliphatic carbocycles. The molecule has 1 aromatic rings. The molecule has 1 fully saturated rings. The van der Waals surface area contributed by atoms with Crippen LogP contribution in [0.2, 0.25) is 0 Å². The fourth-order valence-corrected chi connectivity index (χ4v) is 3.02. The Labute approximate surface area is 117 Å². The van der Waals surface area contributed by atoms with Gasteiger partial charge in [0.1, 0.15) is 0 Å². The monoisotopic (exact) mass is 255 g/mol. The molecule has 1 aliphatic rings. The summed E-state index contributed by atoms with van der Waals surface area (Å²) in [4.78, 5) is 2.57. The van der Waals surface area contributed by atoms with Crippen molar-refractivity contribution in [3.8, 4) is 6.07 Å². The zero-order valence-corrected chi connectivity index (χ0v) is 12.0. The SMILES string of the molecule is C[C](C)CN1CCC(CC#N)CC1c1ccccc1. The summed E-state index contributed by atoms with van der Waals surface area (Å²) in [5, 5.41) is 8.92. The minimum atomic E-state index is 0.475. The number of likely N-dealkylation sites (tertiary alicyclic amines) is 1. The molecule has 0 N–H and O–H groups in total. The van der Waals surface area contributed by atoms with E-state index in [-0.39, 0.29) is 0 Å². The zero-order chi connectivity index (χ0) is 13.7. The third-order valence-electron chi connectivity index (χ3n) is 3.91. The van der Waals surface area contributed by atoms with Gasteiger partial charge in [0.25, 0.3) is 0 Å². The molecule has 19 heavy (non-hydrogen) atoms.